The van der Waals surface area contributed by atoms with Crippen LogP contribution in [0.3, 0.4) is 0 Å². The van der Waals surface area contributed by atoms with E-state index in [0.717, 1.165) is 12.1 Å². The second-order valence-electron chi connectivity index (χ2n) is 9.76. The van der Waals surface area contributed by atoms with Crippen LogP contribution in [-0.4, -0.2) is 76.2 Å². The third-order valence-corrected chi connectivity index (χ3v) is 7.49. The fourth-order valence-electron chi connectivity index (χ4n) is 3.86. The Morgan fingerprint density at radius 1 is 1.16 bits per heavy atom. The summed E-state index contributed by atoms with van der Waals surface area (Å²) in [7, 11) is -0.125. The molecule has 4 rings (SSSR count). The van der Waals surface area contributed by atoms with Crippen LogP contribution in [0, 0.1) is 11.8 Å². The molecule has 0 fully saturated rings. The van der Waals surface area contributed by atoms with E-state index < -0.39 is 27.8 Å². The molecule has 2 amide bonds. The number of fused-ring (bicyclic) bond motifs is 4. The van der Waals surface area contributed by atoms with Crippen molar-refractivity contribution in [2.24, 2.45) is 0 Å². The summed E-state index contributed by atoms with van der Waals surface area (Å²) >= 11 is 0. The number of carbonyl (C=O) groups excluding carboxylic acids is 1. The normalized spacial score (nSPS) is 14.3. The number of aromatic nitrogens is 2. The second kappa shape index (κ2) is 14.3. The van der Waals surface area contributed by atoms with Gasteiger partial charge >= 0.3 is 12.2 Å². The number of carbonyl (C=O) groups is 1. The van der Waals surface area contributed by atoms with Gasteiger partial charge in [0.1, 0.15) is 18.2 Å². The van der Waals surface area contributed by atoms with Crippen LogP contribution in [0.25, 0.3) is 0 Å². The second-order valence-corrected chi connectivity index (χ2v) is 11.5. The zero-order chi connectivity index (χ0) is 31.7. The molecular formula is C28H31F3N8O4S. The van der Waals surface area contributed by atoms with E-state index in [1.54, 1.807) is 31.1 Å². The number of amides is 2. The van der Waals surface area contributed by atoms with Gasteiger partial charge in [0.05, 0.1) is 28.8 Å². The molecule has 0 atom stereocenters. The fraction of sp³-hybridized carbons (Fsp3) is 0.321. The molecule has 16 heteroatoms. The highest BCUT2D eigenvalue weighted by atomic mass is 32.2. The third-order valence-electron chi connectivity index (χ3n) is 6.03. The molecule has 0 saturated heterocycles. The molecule has 4 bridgehead atoms. The van der Waals surface area contributed by atoms with Crippen molar-refractivity contribution in [3.05, 3.63) is 59.8 Å². The number of halogens is 3. The Morgan fingerprint density at radius 2 is 1.98 bits per heavy atom. The van der Waals surface area contributed by atoms with Crippen LogP contribution in [0.1, 0.15) is 17.5 Å². The van der Waals surface area contributed by atoms with Crippen LogP contribution in [0.2, 0.25) is 0 Å². The van der Waals surface area contributed by atoms with Crippen LogP contribution < -0.4 is 30.7 Å². The van der Waals surface area contributed by atoms with Crippen LogP contribution in [-0.2, 0) is 16.2 Å². The van der Waals surface area contributed by atoms with Crippen molar-refractivity contribution in [2.75, 3.05) is 62.8 Å². The number of sulfonamides is 1. The Hall–Kier alpha value is -4.59. The van der Waals surface area contributed by atoms with Crippen molar-refractivity contribution in [1.82, 2.24) is 24.9 Å². The Morgan fingerprint density at radius 3 is 2.75 bits per heavy atom. The van der Waals surface area contributed by atoms with E-state index in [2.05, 4.69) is 47.8 Å². The van der Waals surface area contributed by atoms with Gasteiger partial charge in [-0.05, 0) is 56.9 Å². The minimum absolute atomic E-state index is 0.0671. The highest BCUT2D eigenvalue weighted by Crippen LogP contribution is 2.38. The molecule has 3 aromatic rings. The number of alkyl halides is 3. The van der Waals surface area contributed by atoms with E-state index in [4.69, 9.17) is 4.74 Å². The van der Waals surface area contributed by atoms with E-state index in [-0.39, 0.29) is 42.0 Å². The smallest absolute Gasteiger partial charge is 0.420 e. The van der Waals surface area contributed by atoms with Gasteiger partial charge in [-0.3, -0.25) is 0 Å². The number of rotatable bonds is 6. The van der Waals surface area contributed by atoms with Crippen molar-refractivity contribution in [2.45, 2.75) is 17.5 Å². The predicted molar refractivity (Wildman–Crippen MR) is 159 cm³/mol. The summed E-state index contributed by atoms with van der Waals surface area (Å²) in [6, 6.07) is 8.78. The largest absolute Gasteiger partial charge is 0.492 e. The lowest BCUT2D eigenvalue weighted by Crippen LogP contribution is -2.29. The third kappa shape index (κ3) is 9.20. The van der Waals surface area contributed by atoms with Crippen LogP contribution in [0.5, 0.6) is 5.75 Å². The van der Waals surface area contributed by atoms with Crippen LogP contribution >= 0.6 is 0 Å². The number of hydrogen-bond donors (Lipinski definition) is 5. The standard InChI is InChI=1S/C28H31F3N8O4S/c1-39(2)14-15-43-24-10-9-21(17-23(24)28(29,30)31)37-27(40)33-11-4-6-19-18-34-26-36-20-7-3-8-22(16-20)44(41,42)35-13-5-12-32-25(19)38-26/h3,7-10,16-18,35H,5,11-15H2,1-2H3,(H2,33,37,40)(H2,32,34,36,38). The van der Waals surface area contributed by atoms with Crippen molar-refractivity contribution >= 4 is 39.2 Å². The maximum atomic E-state index is 13.6. The molecule has 1 aromatic heterocycles. The number of likely N-dealkylation sites (N-methyl/N-ethyl adjacent to an activating group) is 1. The van der Waals surface area contributed by atoms with Crippen LogP contribution in [0.15, 0.2) is 53.6 Å². The lowest BCUT2D eigenvalue weighted by atomic mass is 10.1. The highest BCUT2D eigenvalue weighted by Gasteiger charge is 2.35. The molecule has 2 heterocycles. The lowest BCUT2D eigenvalue weighted by Gasteiger charge is -2.17. The van der Waals surface area contributed by atoms with Crippen molar-refractivity contribution in [3.8, 4) is 17.6 Å². The van der Waals surface area contributed by atoms with Gasteiger partial charge in [-0.1, -0.05) is 17.9 Å². The zero-order valence-electron chi connectivity index (χ0n) is 23.9. The molecule has 12 nitrogen and oxygen atoms in total. The molecule has 0 spiro atoms. The molecule has 0 radical (unpaired) electrons. The average Bonchev–Trinajstić information content (AvgIpc) is 2.96. The molecule has 1 aliphatic rings. The minimum atomic E-state index is -4.68. The Bertz CT molecular complexity index is 1660. The summed E-state index contributed by atoms with van der Waals surface area (Å²) in [6.07, 6.45) is -2.75. The number of hydrogen-bond acceptors (Lipinski definition) is 9. The fourth-order valence-corrected chi connectivity index (χ4v) is 4.98. The molecule has 44 heavy (non-hydrogen) atoms. The molecule has 0 unspecified atom stereocenters. The van der Waals surface area contributed by atoms with E-state index in [1.165, 1.54) is 24.4 Å². The Balaban J connectivity index is 1.40. The van der Waals surface area contributed by atoms with Gasteiger partial charge < -0.3 is 30.9 Å². The van der Waals surface area contributed by atoms with Gasteiger partial charge in [0, 0.05) is 31.0 Å². The molecule has 0 aliphatic carbocycles. The number of nitrogens with zero attached hydrogens (tertiary/aromatic N) is 3. The van der Waals surface area contributed by atoms with Gasteiger partial charge in [-0.15, -0.1) is 0 Å². The molecule has 234 valence electrons. The first-order chi connectivity index (χ1) is 20.9. The van der Waals surface area contributed by atoms with Gasteiger partial charge in [-0.25, -0.2) is 22.9 Å². The number of ether oxygens (including phenoxy) is 1. The number of benzene rings is 2. The van der Waals surface area contributed by atoms with Gasteiger partial charge in [0.15, 0.2) is 0 Å². The van der Waals surface area contributed by atoms with Gasteiger partial charge in [-0.2, -0.15) is 18.2 Å². The number of urea groups is 1. The monoisotopic (exact) mass is 632 g/mol. The summed E-state index contributed by atoms with van der Waals surface area (Å²) in [4.78, 5) is 22.9. The van der Waals surface area contributed by atoms with E-state index in [9.17, 15) is 26.4 Å². The van der Waals surface area contributed by atoms with Crippen molar-refractivity contribution < 1.29 is 31.1 Å². The summed E-state index contributed by atoms with van der Waals surface area (Å²) in [5.41, 5.74) is -0.177. The average molecular weight is 633 g/mol. The van der Waals surface area contributed by atoms with Crippen LogP contribution in [0.4, 0.5) is 41.1 Å². The predicted octanol–water partition coefficient (Wildman–Crippen LogP) is 3.45. The number of nitrogens with one attached hydrogen (secondary N) is 5. The summed E-state index contributed by atoms with van der Waals surface area (Å²) < 4.78 is 73.7. The van der Waals surface area contributed by atoms with Crippen molar-refractivity contribution in [1.29, 1.82) is 0 Å². The molecule has 0 saturated carbocycles. The molecule has 1 aliphatic heterocycles. The van der Waals surface area contributed by atoms with E-state index in [0.29, 0.717) is 36.6 Å². The Kier molecular flexibility index (Phi) is 10.5. The minimum Gasteiger partial charge on any atom is -0.492 e. The van der Waals surface area contributed by atoms with Gasteiger partial charge in [0.25, 0.3) is 0 Å². The molecule has 2 aromatic carbocycles. The molecular weight excluding hydrogens is 601 g/mol. The maximum Gasteiger partial charge on any atom is 0.420 e. The maximum absolute atomic E-state index is 13.6. The van der Waals surface area contributed by atoms with E-state index >= 15 is 0 Å². The summed E-state index contributed by atoms with van der Waals surface area (Å²) in [6.45, 7) is 0.952. The number of anilines is 4. The first kappa shape index (κ1) is 32.3. The van der Waals surface area contributed by atoms with Crippen molar-refractivity contribution in [3.63, 3.8) is 0 Å². The molecule has 5 N–H and O–H groups in total. The first-order valence-electron chi connectivity index (χ1n) is 13.4. The quantitative estimate of drug-likeness (QED) is 0.258. The first-order valence-corrected chi connectivity index (χ1v) is 14.9. The summed E-state index contributed by atoms with van der Waals surface area (Å²) in [5, 5.41) is 10.9. The SMILES string of the molecule is CN(C)CCOc1ccc(NC(=O)NCC#Cc2cnc3nc2NCCCNS(=O)(=O)c2cccc(c2)N3)cc1C(F)(F)F. The Labute approximate surface area is 252 Å². The summed E-state index contributed by atoms with van der Waals surface area (Å²) in [5.74, 6) is 5.91. The zero-order valence-corrected chi connectivity index (χ0v) is 24.7. The topological polar surface area (TPSA) is 150 Å². The van der Waals surface area contributed by atoms with E-state index in [1.807, 2.05) is 0 Å². The van der Waals surface area contributed by atoms with Gasteiger partial charge in [0.2, 0.25) is 16.0 Å². The highest BCUT2D eigenvalue weighted by molar-refractivity contribution is 7.89. The lowest BCUT2D eigenvalue weighted by molar-refractivity contribution is -0.138.